The lowest BCUT2D eigenvalue weighted by atomic mass is 9.93. The van der Waals surface area contributed by atoms with E-state index in [1.807, 2.05) is 30.3 Å². The van der Waals surface area contributed by atoms with Gasteiger partial charge < -0.3 is 14.6 Å². The van der Waals surface area contributed by atoms with Crippen LogP contribution < -0.4 is 11.2 Å². The molecule has 1 aromatic heterocycles. The van der Waals surface area contributed by atoms with Gasteiger partial charge in [0.2, 0.25) is 0 Å². The number of aromatic carboxylic acids is 1. The van der Waals surface area contributed by atoms with Crippen molar-refractivity contribution in [3.63, 3.8) is 0 Å². The molecular weight excluding hydrogens is 551 g/mol. The van der Waals surface area contributed by atoms with Gasteiger partial charge in [0, 0.05) is 18.2 Å². The Labute approximate surface area is 209 Å². The lowest BCUT2D eigenvalue weighted by Crippen LogP contribution is -2.38. The quantitative estimate of drug-likeness (QED) is 0.253. The van der Waals surface area contributed by atoms with Crippen molar-refractivity contribution >= 4 is 28.6 Å². The van der Waals surface area contributed by atoms with Gasteiger partial charge in [-0.05, 0) is 35.7 Å². The highest BCUT2D eigenvalue weighted by molar-refractivity contribution is 14.1. The summed E-state index contributed by atoms with van der Waals surface area (Å²) in [6.45, 7) is 5.25. The number of ether oxygens (including phenoxy) is 2. The zero-order chi connectivity index (χ0) is 24.4. The van der Waals surface area contributed by atoms with Crippen molar-refractivity contribution in [2.24, 2.45) is 0 Å². The number of rotatable bonds is 7. The number of carbonyl (C=O) groups is 1. The average molecular weight is 574 g/mol. The minimum Gasteiger partial charge on any atom is -0.493 e. The molecular formula is C25H23IN2O6. The molecule has 1 aliphatic rings. The average Bonchev–Trinajstić information content (AvgIpc) is 3.12. The van der Waals surface area contributed by atoms with Crippen LogP contribution in [0.3, 0.4) is 0 Å². The molecule has 8 nitrogen and oxygen atoms in total. The number of aromatic amines is 1. The van der Waals surface area contributed by atoms with Crippen LogP contribution in [0.4, 0.5) is 0 Å². The highest BCUT2D eigenvalue weighted by Gasteiger charge is 2.46. The molecule has 9 heteroatoms. The summed E-state index contributed by atoms with van der Waals surface area (Å²) >= 11 is 2.22. The number of nitrogens with one attached hydrogen (secondary N) is 1. The number of aromatic nitrogens is 2. The summed E-state index contributed by atoms with van der Waals surface area (Å²) in [6.07, 6.45) is 1.41. The first-order chi connectivity index (χ1) is 16.3. The van der Waals surface area contributed by atoms with Gasteiger partial charge in [0.1, 0.15) is 0 Å². The Morgan fingerprint density at radius 1 is 1.26 bits per heavy atom. The Kier molecular flexibility index (Phi) is 7.03. The standard InChI is InChI=1S/C25H23IN2O6/c1-3-33-21-20(26)19(34-23(21)28-13-14(2)22(29)27-25(28)32)12-17-11-16(24(30)31)9-10-18(17)15-7-5-4-6-8-15/h3-11,13,19-21,23H,1,12H2,2H3,(H,30,31)(H,27,29,32)/t19-,20+,21-,23-/m1/s1. The van der Waals surface area contributed by atoms with E-state index in [0.717, 1.165) is 16.7 Å². The summed E-state index contributed by atoms with van der Waals surface area (Å²) in [7, 11) is 0. The highest BCUT2D eigenvalue weighted by atomic mass is 127. The Balaban J connectivity index is 1.73. The fourth-order valence-electron chi connectivity index (χ4n) is 4.13. The molecule has 3 aromatic rings. The molecule has 0 amide bonds. The highest BCUT2D eigenvalue weighted by Crippen LogP contribution is 2.39. The van der Waals surface area contributed by atoms with Gasteiger partial charge in [-0.1, -0.05) is 65.6 Å². The van der Waals surface area contributed by atoms with Crippen LogP contribution in [0.5, 0.6) is 0 Å². The molecule has 4 rings (SSSR count). The Morgan fingerprint density at radius 2 is 2.00 bits per heavy atom. The van der Waals surface area contributed by atoms with Gasteiger partial charge in [-0.25, -0.2) is 9.59 Å². The molecule has 2 N–H and O–H groups in total. The molecule has 4 atom stereocenters. The molecule has 1 saturated heterocycles. The normalized spacial score (nSPS) is 21.8. The summed E-state index contributed by atoms with van der Waals surface area (Å²) < 4.78 is 13.2. The van der Waals surface area contributed by atoms with Gasteiger partial charge in [0.15, 0.2) is 12.3 Å². The largest absolute Gasteiger partial charge is 0.493 e. The number of carboxylic acid groups (broad SMARTS) is 1. The number of nitrogens with zero attached hydrogens (tertiary/aromatic N) is 1. The molecule has 1 aliphatic heterocycles. The summed E-state index contributed by atoms with van der Waals surface area (Å²) in [6, 6.07) is 14.7. The second kappa shape index (κ2) is 9.98. The minimum absolute atomic E-state index is 0.181. The molecule has 0 aliphatic carbocycles. The van der Waals surface area contributed by atoms with E-state index in [4.69, 9.17) is 9.47 Å². The molecule has 0 bridgehead atoms. The van der Waals surface area contributed by atoms with E-state index in [2.05, 4.69) is 34.2 Å². The molecule has 0 radical (unpaired) electrons. The van der Waals surface area contributed by atoms with E-state index >= 15 is 0 Å². The summed E-state index contributed by atoms with van der Waals surface area (Å²) in [5.41, 5.74) is 2.16. The van der Waals surface area contributed by atoms with Crippen molar-refractivity contribution in [1.82, 2.24) is 9.55 Å². The van der Waals surface area contributed by atoms with Crippen molar-refractivity contribution in [3.8, 4) is 11.1 Å². The number of halogens is 1. The second-order valence-corrected chi connectivity index (χ2v) is 9.44. The number of aryl methyl sites for hydroxylation is 1. The van der Waals surface area contributed by atoms with E-state index in [-0.39, 0.29) is 9.49 Å². The van der Waals surface area contributed by atoms with Crippen LogP contribution in [0.15, 0.2) is 77.2 Å². The van der Waals surface area contributed by atoms with Crippen LogP contribution in [0.2, 0.25) is 0 Å². The Hall–Kier alpha value is -3.18. The molecule has 0 spiro atoms. The molecule has 34 heavy (non-hydrogen) atoms. The minimum atomic E-state index is -1.01. The van der Waals surface area contributed by atoms with Crippen molar-refractivity contribution in [1.29, 1.82) is 0 Å². The van der Waals surface area contributed by atoms with Crippen LogP contribution in [-0.4, -0.2) is 36.8 Å². The number of alkyl halides is 1. The summed E-state index contributed by atoms with van der Waals surface area (Å²) in [4.78, 5) is 38.3. The summed E-state index contributed by atoms with van der Waals surface area (Å²) in [5.74, 6) is -1.01. The third-order valence-electron chi connectivity index (χ3n) is 5.80. The van der Waals surface area contributed by atoms with Crippen LogP contribution in [0, 0.1) is 6.92 Å². The summed E-state index contributed by atoms with van der Waals surface area (Å²) in [5, 5.41) is 9.53. The predicted molar refractivity (Wildman–Crippen MR) is 135 cm³/mol. The topological polar surface area (TPSA) is 111 Å². The predicted octanol–water partition coefficient (Wildman–Crippen LogP) is 3.68. The van der Waals surface area contributed by atoms with E-state index in [9.17, 15) is 19.5 Å². The maximum atomic E-state index is 12.5. The Morgan fingerprint density at radius 3 is 2.68 bits per heavy atom. The van der Waals surface area contributed by atoms with Crippen LogP contribution in [-0.2, 0) is 15.9 Å². The lowest BCUT2D eigenvalue weighted by Gasteiger charge is -2.21. The van der Waals surface area contributed by atoms with Crippen molar-refractivity contribution in [2.45, 2.75) is 35.7 Å². The van der Waals surface area contributed by atoms with Crippen LogP contribution in [0.1, 0.15) is 27.7 Å². The SMILES string of the molecule is C=CO[C@@H]1[C@@H](I)[C@@H](Cc2cc(C(=O)O)ccc2-c2ccccc2)O[C@H]1n1cc(C)c(=O)[nH]c1=O. The maximum absolute atomic E-state index is 12.5. The zero-order valence-corrected chi connectivity index (χ0v) is 20.5. The fraction of sp³-hybridized carbons (Fsp3) is 0.240. The third kappa shape index (κ3) is 4.71. The first kappa shape index (κ1) is 24.0. The van der Waals surface area contributed by atoms with Gasteiger partial charge in [-0.15, -0.1) is 0 Å². The zero-order valence-electron chi connectivity index (χ0n) is 18.3. The monoisotopic (exact) mass is 574 g/mol. The molecule has 0 unspecified atom stereocenters. The number of benzene rings is 2. The Bertz CT molecular complexity index is 1330. The van der Waals surface area contributed by atoms with Crippen molar-refractivity contribution in [3.05, 3.63) is 105 Å². The number of H-pyrrole nitrogens is 1. The number of hydrogen-bond donors (Lipinski definition) is 2. The van der Waals surface area contributed by atoms with E-state index < -0.39 is 35.7 Å². The van der Waals surface area contributed by atoms with Gasteiger partial charge in [0.05, 0.1) is 21.9 Å². The third-order valence-corrected chi connectivity index (χ3v) is 7.31. The number of carboxylic acids is 1. The van der Waals surface area contributed by atoms with Gasteiger partial charge in [-0.3, -0.25) is 14.3 Å². The van der Waals surface area contributed by atoms with Crippen LogP contribution in [0.25, 0.3) is 11.1 Å². The molecule has 2 heterocycles. The maximum Gasteiger partial charge on any atom is 0.335 e. The van der Waals surface area contributed by atoms with Crippen LogP contribution >= 0.6 is 22.6 Å². The molecule has 2 aromatic carbocycles. The molecule has 0 saturated carbocycles. The van der Waals surface area contributed by atoms with Gasteiger partial charge in [-0.2, -0.15) is 0 Å². The second-order valence-electron chi connectivity index (χ2n) is 8.00. The molecule has 1 fully saturated rings. The van der Waals surface area contributed by atoms with E-state index in [1.165, 1.54) is 17.0 Å². The first-order valence-corrected chi connectivity index (χ1v) is 11.8. The van der Waals surface area contributed by atoms with E-state index in [1.54, 1.807) is 25.1 Å². The van der Waals surface area contributed by atoms with Gasteiger partial charge >= 0.3 is 11.7 Å². The van der Waals surface area contributed by atoms with Crippen molar-refractivity contribution in [2.75, 3.05) is 0 Å². The fourth-order valence-corrected chi connectivity index (χ4v) is 5.07. The smallest absolute Gasteiger partial charge is 0.335 e. The van der Waals surface area contributed by atoms with Gasteiger partial charge in [0.25, 0.3) is 5.56 Å². The van der Waals surface area contributed by atoms with Crippen molar-refractivity contribution < 1.29 is 19.4 Å². The number of hydrogen-bond acceptors (Lipinski definition) is 5. The lowest BCUT2D eigenvalue weighted by molar-refractivity contribution is -0.0430. The molecule has 176 valence electrons. The van der Waals surface area contributed by atoms with E-state index in [0.29, 0.717) is 12.0 Å². The first-order valence-electron chi connectivity index (χ1n) is 10.6.